The van der Waals surface area contributed by atoms with Crippen molar-refractivity contribution in [1.82, 2.24) is 0 Å². The highest BCUT2D eigenvalue weighted by Crippen LogP contribution is 2.54. The molecule has 0 radical (unpaired) electrons. The third kappa shape index (κ3) is 8.84. The van der Waals surface area contributed by atoms with Crippen LogP contribution in [0.25, 0.3) is 0 Å². The summed E-state index contributed by atoms with van der Waals surface area (Å²) in [5.74, 6) is 2.21. The minimum absolute atomic E-state index is 0.307. The molecule has 1 aromatic rings. The molecular formula is C27H45O8P. The van der Waals surface area contributed by atoms with Crippen LogP contribution in [0.3, 0.4) is 0 Å². The Labute approximate surface area is 217 Å². The van der Waals surface area contributed by atoms with Crippen LogP contribution in [0.15, 0.2) is 23.8 Å². The summed E-state index contributed by atoms with van der Waals surface area (Å²) in [6.07, 6.45) is 2.91. The summed E-state index contributed by atoms with van der Waals surface area (Å²) in [7, 11) is 2.60. The average molecular weight is 529 g/mol. The highest BCUT2D eigenvalue weighted by molar-refractivity contribution is 7.48. The zero-order chi connectivity index (χ0) is 27.6. The molecule has 36 heavy (non-hydrogen) atoms. The Bertz CT molecular complexity index is 938. The molecular weight excluding hydrogens is 483 g/mol. The number of phosphoric acid groups is 1. The van der Waals surface area contributed by atoms with E-state index in [1.165, 1.54) is 0 Å². The quantitative estimate of drug-likeness (QED) is 0.164. The van der Waals surface area contributed by atoms with E-state index in [2.05, 4.69) is 12.7 Å². The molecule has 0 N–H and O–H groups in total. The van der Waals surface area contributed by atoms with Crippen LogP contribution < -0.4 is 18.9 Å². The van der Waals surface area contributed by atoms with Crippen LogP contribution in [0.1, 0.15) is 65.5 Å². The number of methoxy groups -OCH3 is 4. The minimum Gasteiger partial charge on any atom is -0.492 e. The molecule has 0 aromatic heterocycles. The van der Waals surface area contributed by atoms with Crippen LogP contribution in [0.4, 0.5) is 0 Å². The summed E-state index contributed by atoms with van der Waals surface area (Å²) in [6.45, 7) is 17.1. The van der Waals surface area contributed by atoms with Gasteiger partial charge >= 0.3 is 7.82 Å². The maximum absolute atomic E-state index is 13.2. The highest BCUT2D eigenvalue weighted by atomic mass is 31.2. The summed E-state index contributed by atoms with van der Waals surface area (Å²) in [5.41, 5.74) is 3.74. The Morgan fingerprint density at radius 3 is 1.72 bits per heavy atom. The first-order valence-electron chi connectivity index (χ1n) is 12.2. The number of rotatable bonds is 16. The predicted molar refractivity (Wildman–Crippen MR) is 144 cm³/mol. The molecule has 0 aliphatic rings. The maximum Gasteiger partial charge on any atom is 0.475 e. The van der Waals surface area contributed by atoms with Gasteiger partial charge in [-0.3, -0.25) is 13.6 Å². The van der Waals surface area contributed by atoms with E-state index >= 15 is 0 Å². The van der Waals surface area contributed by atoms with Crippen LogP contribution in [-0.2, 0) is 24.6 Å². The zero-order valence-electron chi connectivity index (χ0n) is 23.9. The second-order valence-electron chi connectivity index (χ2n) is 9.23. The van der Waals surface area contributed by atoms with E-state index in [1.807, 2.05) is 20.8 Å². The van der Waals surface area contributed by atoms with Gasteiger partial charge in [0.2, 0.25) is 11.5 Å². The van der Waals surface area contributed by atoms with E-state index in [0.29, 0.717) is 42.3 Å². The molecule has 0 heterocycles. The summed E-state index contributed by atoms with van der Waals surface area (Å²) in [6, 6.07) is 0. The Kier molecular flexibility index (Phi) is 13.1. The Morgan fingerprint density at radius 2 is 1.31 bits per heavy atom. The summed E-state index contributed by atoms with van der Waals surface area (Å²) < 4.78 is 52.6. The molecule has 1 aromatic carbocycles. The molecule has 0 spiro atoms. The summed E-state index contributed by atoms with van der Waals surface area (Å²) >= 11 is 0. The van der Waals surface area contributed by atoms with Crippen molar-refractivity contribution in [3.05, 3.63) is 34.9 Å². The van der Waals surface area contributed by atoms with Crippen LogP contribution in [-0.4, -0.2) is 46.8 Å². The lowest BCUT2D eigenvalue weighted by Gasteiger charge is -2.27. The molecule has 0 saturated heterocycles. The second-order valence-corrected chi connectivity index (χ2v) is 10.8. The SMILES string of the molecule is C=C(C)C(CC/C(C)=C/Cc1c(C)c(OC)c(OC)c(OC)c1OC)OP(=O)(OC(C)C)OC(C)C. The van der Waals surface area contributed by atoms with Crippen molar-refractivity contribution in [1.29, 1.82) is 0 Å². The number of allylic oxidation sites excluding steroid dienone is 2. The zero-order valence-corrected chi connectivity index (χ0v) is 24.7. The molecule has 0 aliphatic carbocycles. The van der Waals surface area contributed by atoms with Gasteiger partial charge in [0.1, 0.15) is 0 Å². The fraction of sp³-hybridized carbons (Fsp3) is 0.630. The monoisotopic (exact) mass is 528 g/mol. The van der Waals surface area contributed by atoms with Gasteiger partial charge in [-0.2, -0.15) is 0 Å². The number of benzene rings is 1. The lowest BCUT2D eigenvalue weighted by atomic mass is 9.98. The van der Waals surface area contributed by atoms with Crippen molar-refractivity contribution >= 4 is 7.82 Å². The van der Waals surface area contributed by atoms with Crippen LogP contribution in [0.2, 0.25) is 0 Å². The molecule has 1 atom stereocenters. The Balaban J connectivity index is 3.13. The molecule has 8 nitrogen and oxygen atoms in total. The first kappa shape index (κ1) is 32.0. The van der Waals surface area contributed by atoms with Crippen molar-refractivity contribution in [2.75, 3.05) is 28.4 Å². The number of hydrogen-bond acceptors (Lipinski definition) is 8. The Hall–Kier alpha value is -1.99. The largest absolute Gasteiger partial charge is 0.492 e. The van der Waals surface area contributed by atoms with Gasteiger partial charge in [-0.25, -0.2) is 4.57 Å². The maximum atomic E-state index is 13.2. The fourth-order valence-electron chi connectivity index (χ4n) is 3.77. The van der Waals surface area contributed by atoms with Crippen molar-refractivity contribution in [3.63, 3.8) is 0 Å². The molecule has 0 saturated carbocycles. The summed E-state index contributed by atoms with van der Waals surface area (Å²) in [4.78, 5) is 0. The molecule has 9 heteroatoms. The standard InChI is InChI=1S/C27H45O8P/c1-17(2)23(35-36(28,33-18(3)4)34-19(5)6)16-14-20(7)13-15-22-21(8)24(29-9)26(31-11)27(32-12)25(22)30-10/h13,18-19,23H,1,14-16H2,2-12H3/b20-13+. The van der Waals surface area contributed by atoms with Gasteiger partial charge in [-0.15, -0.1) is 0 Å². The smallest absolute Gasteiger partial charge is 0.475 e. The van der Waals surface area contributed by atoms with E-state index in [0.717, 1.165) is 22.3 Å². The average Bonchev–Trinajstić information content (AvgIpc) is 2.78. The topological polar surface area (TPSA) is 81.7 Å². The molecule has 0 bridgehead atoms. The van der Waals surface area contributed by atoms with Gasteiger partial charge in [0.15, 0.2) is 11.5 Å². The fourth-order valence-corrected chi connectivity index (χ4v) is 5.55. The molecule has 206 valence electrons. The van der Waals surface area contributed by atoms with Gasteiger partial charge in [0, 0.05) is 11.1 Å². The van der Waals surface area contributed by atoms with Gasteiger partial charge in [-0.1, -0.05) is 23.8 Å². The van der Waals surface area contributed by atoms with Crippen molar-refractivity contribution in [2.45, 2.75) is 86.0 Å². The molecule has 0 fully saturated rings. The van der Waals surface area contributed by atoms with Crippen molar-refractivity contribution in [3.8, 4) is 23.0 Å². The van der Waals surface area contributed by atoms with Crippen molar-refractivity contribution < 1.29 is 37.1 Å². The third-order valence-electron chi connectivity index (χ3n) is 5.44. The summed E-state index contributed by atoms with van der Waals surface area (Å²) in [5, 5.41) is 0. The third-order valence-corrected chi connectivity index (χ3v) is 7.32. The minimum atomic E-state index is -3.74. The van der Waals surface area contributed by atoms with E-state index in [4.69, 9.17) is 32.5 Å². The molecule has 0 amide bonds. The second kappa shape index (κ2) is 14.7. The first-order valence-corrected chi connectivity index (χ1v) is 13.6. The lowest BCUT2D eigenvalue weighted by Crippen LogP contribution is -2.18. The molecule has 0 aliphatic heterocycles. The van der Waals surface area contributed by atoms with Crippen LogP contribution in [0, 0.1) is 6.92 Å². The number of ether oxygens (including phenoxy) is 4. The Morgan fingerprint density at radius 1 is 0.833 bits per heavy atom. The highest BCUT2D eigenvalue weighted by Gasteiger charge is 2.33. The number of phosphoric ester groups is 1. The van der Waals surface area contributed by atoms with Crippen molar-refractivity contribution in [2.24, 2.45) is 0 Å². The molecule has 1 unspecified atom stereocenters. The van der Waals surface area contributed by atoms with Crippen LogP contribution in [0.5, 0.6) is 23.0 Å². The van der Waals surface area contributed by atoms with Gasteiger partial charge in [0.05, 0.1) is 46.8 Å². The van der Waals surface area contributed by atoms with Crippen LogP contribution >= 0.6 is 7.82 Å². The van der Waals surface area contributed by atoms with E-state index in [-0.39, 0.29) is 12.2 Å². The van der Waals surface area contributed by atoms with E-state index in [9.17, 15) is 4.57 Å². The van der Waals surface area contributed by atoms with Gasteiger partial charge in [0.25, 0.3) is 0 Å². The normalized spacial score (nSPS) is 13.2. The molecule has 1 rings (SSSR count). The first-order chi connectivity index (χ1) is 16.8. The van der Waals surface area contributed by atoms with E-state index in [1.54, 1.807) is 56.1 Å². The van der Waals surface area contributed by atoms with E-state index < -0.39 is 13.9 Å². The van der Waals surface area contributed by atoms with Gasteiger partial charge < -0.3 is 18.9 Å². The number of hydrogen-bond donors (Lipinski definition) is 0. The van der Waals surface area contributed by atoms with Gasteiger partial charge in [-0.05, 0) is 67.7 Å². The predicted octanol–water partition coefficient (Wildman–Crippen LogP) is 7.22. The lowest BCUT2D eigenvalue weighted by molar-refractivity contribution is 0.0538.